The molecule has 1 N–H and O–H groups in total. The lowest BCUT2D eigenvalue weighted by atomic mass is 9.94. The lowest BCUT2D eigenvalue weighted by Gasteiger charge is -2.20. The van der Waals surface area contributed by atoms with Gasteiger partial charge in [0.05, 0.1) is 0 Å². The molecule has 2 nitrogen and oxygen atoms in total. The van der Waals surface area contributed by atoms with Crippen LogP contribution in [0, 0.1) is 5.92 Å². The molecule has 0 spiro atoms. The maximum Gasteiger partial charge on any atom is 0.126 e. The zero-order chi connectivity index (χ0) is 14.5. The smallest absolute Gasteiger partial charge is 0.126 e. The quantitative estimate of drug-likeness (QED) is 0.714. The van der Waals surface area contributed by atoms with E-state index in [2.05, 4.69) is 51.2 Å². The molecule has 1 aliphatic carbocycles. The van der Waals surface area contributed by atoms with E-state index in [-0.39, 0.29) is 0 Å². The summed E-state index contributed by atoms with van der Waals surface area (Å²) in [6.07, 6.45) is 2.81. The Morgan fingerprint density at radius 1 is 1.10 bits per heavy atom. The van der Waals surface area contributed by atoms with Crippen LogP contribution in [0.3, 0.4) is 0 Å². The monoisotopic (exact) mass is 275 g/mol. The Labute approximate surface area is 123 Å². The van der Waals surface area contributed by atoms with E-state index in [1.165, 1.54) is 24.0 Å². The second-order valence-corrected chi connectivity index (χ2v) is 6.57. The Morgan fingerprint density at radius 2 is 1.70 bits per heavy atom. The van der Waals surface area contributed by atoms with E-state index in [1.54, 1.807) is 0 Å². The number of rotatable bonds is 8. The van der Waals surface area contributed by atoms with Gasteiger partial charge in [-0.1, -0.05) is 45.9 Å². The van der Waals surface area contributed by atoms with E-state index in [4.69, 9.17) is 4.74 Å². The van der Waals surface area contributed by atoms with Gasteiger partial charge in [-0.3, -0.25) is 0 Å². The highest BCUT2D eigenvalue weighted by molar-refractivity contribution is 5.44. The Kier molecular flexibility index (Phi) is 5.47. The Balaban J connectivity index is 1.95. The molecule has 1 aliphatic rings. The predicted molar refractivity (Wildman–Crippen MR) is 85.7 cm³/mol. The fourth-order valence-electron chi connectivity index (χ4n) is 2.50. The van der Waals surface area contributed by atoms with E-state index >= 15 is 0 Å². The molecule has 0 aliphatic heterocycles. The third-order valence-electron chi connectivity index (χ3n) is 3.98. The van der Waals surface area contributed by atoms with Crippen LogP contribution in [0.15, 0.2) is 18.2 Å². The van der Waals surface area contributed by atoms with Crippen molar-refractivity contribution in [2.75, 3.05) is 19.7 Å². The molecule has 1 fully saturated rings. The highest BCUT2D eigenvalue weighted by atomic mass is 16.5. The molecule has 0 amide bonds. The average molecular weight is 275 g/mol. The third kappa shape index (κ3) is 4.24. The first-order chi connectivity index (χ1) is 9.59. The van der Waals surface area contributed by atoms with Gasteiger partial charge in [-0.2, -0.15) is 0 Å². The van der Waals surface area contributed by atoms with Crippen molar-refractivity contribution < 1.29 is 4.74 Å². The average Bonchev–Trinajstić information content (AvgIpc) is 3.22. The number of hydrogen-bond donors (Lipinski definition) is 1. The van der Waals surface area contributed by atoms with Gasteiger partial charge in [0, 0.05) is 6.54 Å². The van der Waals surface area contributed by atoms with Crippen LogP contribution in [0.2, 0.25) is 0 Å². The minimum absolute atomic E-state index is 0.503. The number of benzene rings is 1. The zero-order valence-corrected chi connectivity index (χ0v) is 13.4. The summed E-state index contributed by atoms with van der Waals surface area (Å²) in [5, 5.41) is 3.49. The molecular formula is C18H29NO. The summed E-state index contributed by atoms with van der Waals surface area (Å²) in [4.78, 5) is 0. The van der Waals surface area contributed by atoms with Gasteiger partial charge in [-0.05, 0) is 48.3 Å². The fourth-order valence-corrected chi connectivity index (χ4v) is 2.50. The number of ether oxygens (including phenoxy) is 1. The van der Waals surface area contributed by atoms with Crippen molar-refractivity contribution >= 4 is 0 Å². The molecule has 0 unspecified atom stereocenters. The number of hydrogen-bond acceptors (Lipinski definition) is 2. The molecule has 2 heteroatoms. The van der Waals surface area contributed by atoms with Gasteiger partial charge in [-0.25, -0.2) is 0 Å². The molecular weight excluding hydrogens is 246 g/mol. The van der Waals surface area contributed by atoms with Crippen LogP contribution >= 0.6 is 0 Å². The van der Waals surface area contributed by atoms with Crippen LogP contribution in [0.1, 0.15) is 63.5 Å². The van der Waals surface area contributed by atoms with Crippen molar-refractivity contribution in [3.8, 4) is 5.75 Å². The molecule has 0 radical (unpaired) electrons. The minimum Gasteiger partial charge on any atom is -0.492 e. The van der Waals surface area contributed by atoms with Crippen LogP contribution in [-0.4, -0.2) is 19.7 Å². The van der Waals surface area contributed by atoms with Crippen molar-refractivity contribution in [1.29, 1.82) is 0 Å². The summed E-state index contributed by atoms with van der Waals surface area (Å²) in [5.74, 6) is 3.06. The van der Waals surface area contributed by atoms with Gasteiger partial charge in [0.1, 0.15) is 12.4 Å². The van der Waals surface area contributed by atoms with Crippen LogP contribution < -0.4 is 10.1 Å². The van der Waals surface area contributed by atoms with Gasteiger partial charge < -0.3 is 10.1 Å². The van der Waals surface area contributed by atoms with Crippen LogP contribution in [-0.2, 0) is 0 Å². The molecule has 0 aromatic heterocycles. The van der Waals surface area contributed by atoms with Crippen molar-refractivity contribution in [3.05, 3.63) is 29.3 Å². The molecule has 0 heterocycles. The number of nitrogens with one attached hydrogen (secondary N) is 1. The van der Waals surface area contributed by atoms with Gasteiger partial charge in [0.2, 0.25) is 0 Å². The minimum atomic E-state index is 0.503. The van der Waals surface area contributed by atoms with Crippen LogP contribution in [0.4, 0.5) is 0 Å². The molecule has 0 atom stereocenters. The molecule has 1 aromatic carbocycles. The maximum absolute atomic E-state index is 6.13. The van der Waals surface area contributed by atoms with Crippen molar-refractivity contribution in [2.24, 2.45) is 5.92 Å². The second-order valence-electron chi connectivity index (χ2n) is 6.57. The maximum atomic E-state index is 6.13. The van der Waals surface area contributed by atoms with E-state index in [0.717, 1.165) is 31.4 Å². The van der Waals surface area contributed by atoms with Crippen molar-refractivity contribution in [2.45, 2.75) is 52.4 Å². The van der Waals surface area contributed by atoms with Gasteiger partial charge >= 0.3 is 0 Å². The molecule has 112 valence electrons. The fraction of sp³-hybridized carbons (Fsp3) is 0.667. The highest BCUT2D eigenvalue weighted by Gasteiger charge is 2.20. The Hall–Kier alpha value is -1.02. The SMILES string of the molecule is CC(C)c1cccc(C(C)C)c1OCCNCC1CC1. The Morgan fingerprint density at radius 3 is 2.20 bits per heavy atom. The highest BCUT2D eigenvalue weighted by Crippen LogP contribution is 2.34. The Bertz CT molecular complexity index is 395. The van der Waals surface area contributed by atoms with E-state index < -0.39 is 0 Å². The topological polar surface area (TPSA) is 21.3 Å². The molecule has 1 saturated carbocycles. The first-order valence-corrected chi connectivity index (χ1v) is 8.06. The van der Waals surface area contributed by atoms with Crippen molar-refractivity contribution in [1.82, 2.24) is 5.32 Å². The summed E-state index contributed by atoms with van der Waals surface area (Å²) in [6.45, 7) is 11.8. The third-order valence-corrected chi connectivity index (χ3v) is 3.98. The predicted octanol–water partition coefficient (Wildman–Crippen LogP) is 4.31. The van der Waals surface area contributed by atoms with Gasteiger partial charge in [0.15, 0.2) is 0 Å². The molecule has 1 aromatic rings. The van der Waals surface area contributed by atoms with Crippen LogP contribution in [0.25, 0.3) is 0 Å². The van der Waals surface area contributed by atoms with Crippen molar-refractivity contribution in [3.63, 3.8) is 0 Å². The van der Waals surface area contributed by atoms with Gasteiger partial charge in [0.25, 0.3) is 0 Å². The molecule has 20 heavy (non-hydrogen) atoms. The zero-order valence-electron chi connectivity index (χ0n) is 13.4. The normalized spacial score (nSPS) is 15.1. The van der Waals surface area contributed by atoms with E-state index in [0.29, 0.717) is 11.8 Å². The van der Waals surface area contributed by atoms with Gasteiger partial charge in [-0.15, -0.1) is 0 Å². The van der Waals surface area contributed by atoms with Crippen LogP contribution in [0.5, 0.6) is 5.75 Å². The molecule has 0 bridgehead atoms. The summed E-state index contributed by atoms with van der Waals surface area (Å²) in [6, 6.07) is 6.55. The molecule has 0 saturated heterocycles. The first-order valence-electron chi connectivity index (χ1n) is 8.06. The largest absolute Gasteiger partial charge is 0.492 e. The summed E-state index contributed by atoms with van der Waals surface area (Å²) in [5.41, 5.74) is 2.66. The summed E-state index contributed by atoms with van der Waals surface area (Å²) < 4.78 is 6.13. The summed E-state index contributed by atoms with van der Waals surface area (Å²) in [7, 11) is 0. The summed E-state index contributed by atoms with van der Waals surface area (Å²) >= 11 is 0. The van der Waals surface area contributed by atoms with E-state index in [1.807, 2.05) is 0 Å². The lowest BCUT2D eigenvalue weighted by molar-refractivity contribution is 0.305. The molecule has 2 rings (SSSR count). The first kappa shape index (κ1) is 15.4. The number of para-hydroxylation sites is 1. The standard InChI is InChI=1S/C18H29NO/c1-13(2)16-6-5-7-17(14(3)4)18(16)20-11-10-19-12-15-8-9-15/h5-7,13-15,19H,8-12H2,1-4H3. The van der Waals surface area contributed by atoms with E-state index in [9.17, 15) is 0 Å². The second kappa shape index (κ2) is 7.12. The lowest BCUT2D eigenvalue weighted by Crippen LogP contribution is -2.23.